The Labute approximate surface area is 91.4 Å². The van der Waals surface area contributed by atoms with Crippen molar-refractivity contribution in [3.05, 3.63) is 0 Å². The average Bonchev–Trinajstić information content (AvgIpc) is 2.26. The third kappa shape index (κ3) is 2.71. The molecule has 3 nitrogen and oxygen atoms in total. The van der Waals surface area contributed by atoms with E-state index >= 15 is 0 Å². The largest absolute Gasteiger partial charge is 0.394 e. The normalized spacial score (nSPS) is 41.2. The minimum absolute atomic E-state index is 0.0310. The molecule has 0 aliphatic heterocycles. The van der Waals surface area contributed by atoms with E-state index in [1.54, 1.807) is 0 Å². The molecule has 4 atom stereocenters. The summed E-state index contributed by atoms with van der Waals surface area (Å²) in [5.41, 5.74) is 0. The maximum absolute atomic E-state index is 9.93. The molecule has 2 aliphatic carbocycles. The number of fused-ring (bicyclic) bond motifs is 1. The lowest BCUT2D eigenvalue weighted by Crippen LogP contribution is -2.42. The van der Waals surface area contributed by atoms with Crippen LogP contribution < -0.4 is 0 Å². The van der Waals surface area contributed by atoms with Gasteiger partial charge in [-0.3, -0.25) is 0 Å². The highest BCUT2D eigenvalue weighted by molar-refractivity contribution is 4.88. The van der Waals surface area contributed by atoms with Crippen LogP contribution in [0.15, 0.2) is 0 Å². The van der Waals surface area contributed by atoms with Gasteiger partial charge in [-0.25, -0.2) is 0 Å². The molecule has 0 aromatic carbocycles. The Kier molecular flexibility index (Phi) is 4.00. The van der Waals surface area contributed by atoms with Crippen LogP contribution in [0, 0.1) is 11.8 Å². The van der Waals surface area contributed by atoms with E-state index in [2.05, 4.69) is 0 Å². The van der Waals surface area contributed by atoms with Gasteiger partial charge in [-0.2, -0.15) is 0 Å². The summed E-state index contributed by atoms with van der Waals surface area (Å²) in [6.07, 6.45) is 6.81. The van der Waals surface area contributed by atoms with Crippen LogP contribution in [0.1, 0.15) is 38.5 Å². The summed E-state index contributed by atoms with van der Waals surface area (Å²) in [7, 11) is 0. The van der Waals surface area contributed by atoms with Crippen LogP contribution in [0.3, 0.4) is 0 Å². The fourth-order valence-electron chi connectivity index (χ4n) is 3.21. The lowest BCUT2D eigenvalue weighted by Gasteiger charge is -2.41. The molecule has 2 fully saturated rings. The van der Waals surface area contributed by atoms with E-state index in [1.165, 1.54) is 25.7 Å². The van der Waals surface area contributed by atoms with E-state index in [9.17, 15) is 5.11 Å². The zero-order valence-corrected chi connectivity index (χ0v) is 9.27. The molecule has 2 saturated carbocycles. The van der Waals surface area contributed by atoms with Crippen LogP contribution >= 0.6 is 0 Å². The number of aliphatic hydroxyl groups excluding tert-OH is 2. The van der Waals surface area contributed by atoms with Crippen LogP contribution in [0.5, 0.6) is 0 Å². The quantitative estimate of drug-likeness (QED) is 0.745. The molecule has 15 heavy (non-hydrogen) atoms. The number of hydrogen-bond acceptors (Lipinski definition) is 3. The summed E-state index contributed by atoms with van der Waals surface area (Å²) < 4.78 is 5.49. The predicted octanol–water partition coefficient (Wildman–Crippen LogP) is 1.32. The van der Waals surface area contributed by atoms with E-state index in [0.717, 1.165) is 24.7 Å². The number of rotatable bonds is 3. The van der Waals surface area contributed by atoms with Gasteiger partial charge in [0.15, 0.2) is 0 Å². The summed E-state index contributed by atoms with van der Waals surface area (Å²) in [5, 5.41) is 18.6. The van der Waals surface area contributed by atoms with Crippen molar-refractivity contribution in [1.82, 2.24) is 0 Å². The smallest absolute Gasteiger partial charge is 0.0837 e. The summed E-state index contributed by atoms with van der Waals surface area (Å²) >= 11 is 0. The van der Waals surface area contributed by atoms with Crippen LogP contribution in [-0.2, 0) is 4.74 Å². The zero-order chi connectivity index (χ0) is 10.7. The second-order valence-electron chi connectivity index (χ2n) is 4.98. The first-order valence-corrected chi connectivity index (χ1v) is 6.21. The first-order chi connectivity index (χ1) is 7.31. The van der Waals surface area contributed by atoms with Gasteiger partial charge in [-0.1, -0.05) is 25.7 Å². The topological polar surface area (TPSA) is 49.7 Å². The molecule has 0 aromatic rings. The SMILES string of the molecule is OCCO[C@@H]1C[C@H]2CCCC[C@H]2C[C@@H]1O. The van der Waals surface area contributed by atoms with Crippen LogP contribution in [0.4, 0.5) is 0 Å². The van der Waals surface area contributed by atoms with Crippen molar-refractivity contribution in [1.29, 1.82) is 0 Å². The fraction of sp³-hybridized carbons (Fsp3) is 1.00. The molecule has 0 spiro atoms. The summed E-state index contributed by atoms with van der Waals surface area (Å²) in [5.74, 6) is 1.48. The van der Waals surface area contributed by atoms with Crippen LogP contribution in [-0.4, -0.2) is 35.6 Å². The molecule has 88 valence electrons. The first-order valence-electron chi connectivity index (χ1n) is 6.21. The molecular formula is C12H22O3. The van der Waals surface area contributed by atoms with Crippen molar-refractivity contribution >= 4 is 0 Å². The highest BCUT2D eigenvalue weighted by Gasteiger charge is 2.37. The van der Waals surface area contributed by atoms with E-state index in [0.29, 0.717) is 6.61 Å². The van der Waals surface area contributed by atoms with Gasteiger partial charge in [0.05, 0.1) is 25.4 Å². The molecule has 2 aliphatic rings. The summed E-state index contributed by atoms with van der Waals surface area (Å²) in [6, 6.07) is 0. The Morgan fingerprint density at radius 1 is 1.07 bits per heavy atom. The second kappa shape index (κ2) is 5.28. The average molecular weight is 214 g/mol. The van der Waals surface area contributed by atoms with Crippen molar-refractivity contribution < 1.29 is 14.9 Å². The van der Waals surface area contributed by atoms with E-state index in [4.69, 9.17) is 9.84 Å². The van der Waals surface area contributed by atoms with Crippen molar-refractivity contribution in [3.63, 3.8) is 0 Å². The van der Waals surface area contributed by atoms with Gasteiger partial charge >= 0.3 is 0 Å². The van der Waals surface area contributed by atoms with Gasteiger partial charge in [0, 0.05) is 0 Å². The molecule has 2 rings (SSSR count). The zero-order valence-electron chi connectivity index (χ0n) is 9.27. The summed E-state index contributed by atoms with van der Waals surface area (Å²) in [4.78, 5) is 0. The molecule has 0 unspecified atom stereocenters. The number of hydrogen-bond donors (Lipinski definition) is 2. The maximum Gasteiger partial charge on any atom is 0.0837 e. The third-order valence-corrected chi connectivity index (χ3v) is 4.00. The van der Waals surface area contributed by atoms with Crippen molar-refractivity contribution in [3.8, 4) is 0 Å². The highest BCUT2D eigenvalue weighted by atomic mass is 16.5. The van der Waals surface area contributed by atoms with Crippen LogP contribution in [0.2, 0.25) is 0 Å². The van der Waals surface area contributed by atoms with Gasteiger partial charge in [-0.05, 0) is 24.7 Å². The van der Waals surface area contributed by atoms with Crippen molar-refractivity contribution in [2.75, 3.05) is 13.2 Å². The lowest BCUT2D eigenvalue weighted by atomic mass is 9.69. The Hall–Kier alpha value is -0.120. The Morgan fingerprint density at radius 2 is 1.73 bits per heavy atom. The maximum atomic E-state index is 9.93. The fourth-order valence-corrected chi connectivity index (χ4v) is 3.21. The first kappa shape index (κ1) is 11.4. The molecule has 0 heterocycles. The number of ether oxygens (including phenoxy) is 1. The standard InChI is InChI=1S/C12H22O3/c13-5-6-15-12-8-10-4-2-1-3-9(10)7-11(12)14/h9-14H,1-8H2/t9-,10+,11-,12+/m0/s1. The van der Waals surface area contributed by atoms with E-state index < -0.39 is 0 Å². The van der Waals surface area contributed by atoms with Crippen molar-refractivity contribution in [2.24, 2.45) is 11.8 Å². The Balaban J connectivity index is 1.87. The summed E-state index contributed by atoms with van der Waals surface area (Å²) in [6.45, 7) is 0.413. The molecule has 0 bridgehead atoms. The third-order valence-electron chi connectivity index (χ3n) is 4.00. The van der Waals surface area contributed by atoms with E-state index in [-0.39, 0.29) is 18.8 Å². The van der Waals surface area contributed by atoms with Crippen LogP contribution in [0.25, 0.3) is 0 Å². The lowest BCUT2D eigenvalue weighted by molar-refractivity contribution is -0.0989. The molecular weight excluding hydrogens is 192 g/mol. The molecule has 0 radical (unpaired) electrons. The minimum Gasteiger partial charge on any atom is -0.394 e. The molecule has 0 aromatic heterocycles. The second-order valence-corrected chi connectivity index (χ2v) is 4.98. The Morgan fingerprint density at radius 3 is 2.40 bits per heavy atom. The predicted molar refractivity (Wildman–Crippen MR) is 57.5 cm³/mol. The molecule has 3 heteroatoms. The van der Waals surface area contributed by atoms with E-state index in [1.807, 2.05) is 0 Å². The molecule has 0 amide bonds. The van der Waals surface area contributed by atoms with Gasteiger partial charge in [0.2, 0.25) is 0 Å². The molecule has 2 N–H and O–H groups in total. The molecule has 0 saturated heterocycles. The van der Waals surface area contributed by atoms with Gasteiger partial charge in [-0.15, -0.1) is 0 Å². The Bertz CT molecular complexity index is 195. The monoisotopic (exact) mass is 214 g/mol. The minimum atomic E-state index is -0.309. The van der Waals surface area contributed by atoms with Gasteiger partial charge in [0.1, 0.15) is 0 Å². The number of aliphatic hydroxyl groups is 2. The highest BCUT2D eigenvalue weighted by Crippen LogP contribution is 2.41. The van der Waals surface area contributed by atoms with Crippen molar-refractivity contribution in [2.45, 2.75) is 50.7 Å². The van der Waals surface area contributed by atoms with Gasteiger partial charge < -0.3 is 14.9 Å². The van der Waals surface area contributed by atoms with Gasteiger partial charge in [0.25, 0.3) is 0 Å².